The number of thiophene rings is 1. The van der Waals surface area contributed by atoms with Gasteiger partial charge in [-0.25, -0.2) is 0 Å². The van der Waals surface area contributed by atoms with Gasteiger partial charge in [0.15, 0.2) is 0 Å². The number of halogens is 2. The summed E-state index contributed by atoms with van der Waals surface area (Å²) in [5.41, 5.74) is 7.77. The molecule has 0 nitrogen and oxygen atoms in total. The third kappa shape index (κ3) is 7.16. The van der Waals surface area contributed by atoms with E-state index in [9.17, 15) is 0 Å². The minimum Gasteiger partial charge on any atom is -0.128 e. The van der Waals surface area contributed by atoms with Crippen molar-refractivity contribution < 1.29 is 0 Å². The Morgan fingerprint density at radius 2 is 1.69 bits per heavy atom. The molecule has 0 radical (unpaired) electrons. The Morgan fingerprint density at radius 3 is 2.19 bits per heavy atom. The second-order valence-electron chi connectivity index (χ2n) is 7.91. The molecular weight excluding hydrogens is 499 g/mol. The van der Waals surface area contributed by atoms with Crippen LogP contribution >= 0.6 is 34.5 Å². The molecule has 0 bridgehead atoms. The zero-order valence-electron chi connectivity index (χ0n) is 21.2. The summed E-state index contributed by atoms with van der Waals surface area (Å²) in [7, 11) is 0. The predicted octanol–water partition coefficient (Wildman–Crippen LogP) is 10.5. The average molecular weight is 530 g/mol. The second-order valence-corrected chi connectivity index (χ2v) is 10.1. The SMILES string of the molecule is C#CC.C#CC(=C(/Cl)c1ccccc1C)/C(=C(\CC)c1cc(C)sc1Cl)c1ccc(/C=C/C=C)cc1. The van der Waals surface area contributed by atoms with Gasteiger partial charge in [0.1, 0.15) is 4.34 Å². The van der Waals surface area contributed by atoms with Crippen LogP contribution in [0.3, 0.4) is 0 Å². The summed E-state index contributed by atoms with van der Waals surface area (Å²) < 4.78 is 0.760. The first-order valence-electron chi connectivity index (χ1n) is 11.5. The van der Waals surface area contributed by atoms with Crippen LogP contribution in [0.4, 0.5) is 0 Å². The molecule has 3 aromatic rings. The molecule has 0 amide bonds. The number of terminal acetylenes is 2. The maximum atomic E-state index is 7.01. The van der Waals surface area contributed by atoms with Crippen molar-refractivity contribution in [1.82, 2.24) is 0 Å². The van der Waals surface area contributed by atoms with E-state index in [0.717, 1.165) is 54.6 Å². The van der Waals surface area contributed by atoms with Gasteiger partial charge in [-0.15, -0.1) is 30.1 Å². The largest absolute Gasteiger partial charge is 0.128 e. The summed E-state index contributed by atoms with van der Waals surface area (Å²) in [6, 6.07) is 18.4. The van der Waals surface area contributed by atoms with Gasteiger partial charge in [-0.3, -0.25) is 0 Å². The Hall–Kier alpha value is -3.20. The van der Waals surface area contributed by atoms with E-state index >= 15 is 0 Å². The molecule has 0 saturated heterocycles. The van der Waals surface area contributed by atoms with Crippen LogP contribution in [-0.4, -0.2) is 0 Å². The minimum atomic E-state index is 0.565. The van der Waals surface area contributed by atoms with Crippen LogP contribution in [0.15, 0.2) is 78.9 Å². The van der Waals surface area contributed by atoms with Crippen LogP contribution in [0.5, 0.6) is 0 Å². The lowest BCUT2D eigenvalue weighted by Crippen LogP contribution is -1.98. The molecule has 0 spiro atoms. The smallest absolute Gasteiger partial charge is 0.101 e. The molecule has 2 aromatic carbocycles. The average Bonchev–Trinajstić information content (AvgIpc) is 3.21. The van der Waals surface area contributed by atoms with Gasteiger partial charge in [0.2, 0.25) is 0 Å². The van der Waals surface area contributed by atoms with Gasteiger partial charge in [0, 0.05) is 16.0 Å². The molecule has 0 aliphatic heterocycles. The molecule has 0 saturated carbocycles. The fourth-order valence-electron chi connectivity index (χ4n) is 3.80. The van der Waals surface area contributed by atoms with E-state index in [1.54, 1.807) is 24.3 Å². The molecule has 0 atom stereocenters. The quantitative estimate of drug-likeness (QED) is 0.211. The van der Waals surface area contributed by atoms with Crippen LogP contribution in [0.25, 0.3) is 22.3 Å². The lowest BCUT2D eigenvalue weighted by atomic mass is 9.87. The minimum absolute atomic E-state index is 0.565. The molecule has 182 valence electrons. The van der Waals surface area contributed by atoms with Gasteiger partial charge in [0.05, 0.1) is 10.6 Å². The van der Waals surface area contributed by atoms with E-state index in [2.05, 4.69) is 69.0 Å². The third-order valence-corrected chi connectivity index (χ3v) is 7.08. The summed E-state index contributed by atoms with van der Waals surface area (Å²) in [5.74, 6) is 5.16. The molecule has 0 N–H and O–H groups in total. The molecule has 0 unspecified atom stereocenters. The van der Waals surface area contributed by atoms with Crippen molar-refractivity contribution in [2.75, 3.05) is 0 Å². The first-order chi connectivity index (χ1) is 17.3. The van der Waals surface area contributed by atoms with Crippen LogP contribution in [-0.2, 0) is 0 Å². The van der Waals surface area contributed by atoms with Crippen molar-refractivity contribution in [3.63, 3.8) is 0 Å². The topological polar surface area (TPSA) is 0 Å². The number of aryl methyl sites for hydroxylation is 2. The monoisotopic (exact) mass is 528 g/mol. The first kappa shape index (κ1) is 29.0. The second kappa shape index (κ2) is 14.4. The number of rotatable bonds is 7. The molecule has 36 heavy (non-hydrogen) atoms. The van der Waals surface area contributed by atoms with Gasteiger partial charge in [0.25, 0.3) is 0 Å². The summed E-state index contributed by atoms with van der Waals surface area (Å²) in [6.45, 7) is 11.6. The Bertz CT molecular complexity index is 1380. The highest BCUT2D eigenvalue weighted by Crippen LogP contribution is 2.43. The molecule has 1 heterocycles. The van der Waals surface area contributed by atoms with Crippen molar-refractivity contribution in [1.29, 1.82) is 0 Å². The van der Waals surface area contributed by atoms with Gasteiger partial charge in [-0.1, -0.05) is 109 Å². The van der Waals surface area contributed by atoms with Crippen molar-refractivity contribution >= 4 is 56.8 Å². The van der Waals surface area contributed by atoms with E-state index in [0.29, 0.717) is 10.6 Å². The van der Waals surface area contributed by atoms with Crippen LogP contribution in [0.2, 0.25) is 4.34 Å². The van der Waals surface area contributed by atoms with Crippen molar-refractivity contribution in [3.8, 4) is 24.7 Å². The molecule has 3 heteroatoms. The summed E-state index contributed by atoms with van der Waals surface area (Å²) in [5, 5.41) is 0.565. The molecule has 0 fully saturated rings. The first-order valence-corrected chi connectivity index (χ1v) is 13.1. The number of hydrogen-bond donors (Lipinski definition) is 0. The van der Waals surface area contributed by atoms with Crippen molar-refractivity contribution in [2.45, 2.75) is 34.1 Å². The highest BCUT2D eigenvalue weighted by Gasteiger charge is 2.21. The van der Waals surface area contributed by atoms with E-state index in [1.807, 2.05) is 43.3 Å². The van der Waals surface area contributed by atoms with Crippen LogP contribution in [0.1, 0.15) is 53.0 Å². The molecule has 1 aromatic heterocycles. The molecular formula is C33H30Cl2S. The summed E-state index contributed by atoms with van der Waals surface area (Å²) >= 11 is 15.2. The van der Waals surface area contributed by atoms with Gasteiger partial charge in [-0.2, -0.15) is 0 Å². The van der Waals surface area contributed by atoms with Gasteiger partial charge in [-0.05, 0) is 61.1 Å². The highest BCUT2D eigenvalue weighted by atomic mass is 35.5. The molecule has 0 aliphatic carbocycles. The van der Waals surface area contributed by atoms with E-state index in [4.69, 9.17) is 29.6 Å². The van der Waals surface area contributed by atoms with Crippen LogP contribution in [0, 0.1) is 38.5 Å². The Labute approximate surface area is 230 Å². The van der Waals surface area contributed by atoms with E-state index in [1.165, 1.54) is 0 Å². The Kier molecular flexibility index (Phi) is 11.6. The zero-order chi connectivity index (χ0) is 26.7. The summed E-state index contributed by atoms with van der Waals surface area (Å²) in [6.07, 6.45) is 17.2. The standard InChI is InChI=1S/C30H26Cl2S.C3H4/c1-6-9-13-22-15-17-23(18-16-22)28(24(7-2)27-19-21(5)33-30(27)32)25(8-3)29(31)26-14-11-10-12-20(26)4;1-3-2/h3,6,9-19H,1,7H2,2,4-5H3;1H,2H3/b13-9+,28-24+,29-25-;. The fourth-order valence-corrected chi connectivity index (χ4v) is 5.45. The van der Waals surface area contributed by atoms with Gasteiger partial charge < -0.3 is 0 Å². The number of allylic oxidation sites excluding steroid dienone is 5. The molecule has 0 aliphatic rings. The van der Waals surface area contributed by atoms with E-state index in [-0.39, 0.29) is 0 Å². The number of hydrogen-bond acceptors (Lipinski definition) is 1. The maximum Gasteiger partial charge on any atom is 0.101 e. The lowest BCUT2D eigenvalue weighted by molar-refractivity contribution is 1.24. The van der Waals surface area contributed by atoms with Crippen LogP contribution < -0.4 is 0 Å². The number of benzene rings is 2. The fraction of sp³-hybridized carbons (Fsp3) is 0.152. The highest BCUT2D eigenvalue weighted by molar-refractivity contribution is 7.16. The normalized spacial score (nSPS) is 12.0. The van der Waals surface area contributed by atoms with E-state index < -0.39 is 0 Å². The zero-order valence-corrected chi connectivity index (χ0v) is 23.5. The van der Waals surface area contributed by atoms with Gasteiger partial charge >= 0.3 is 0 Å². The third-order valence-electron chi connectivity index (χ3n) is 5.41. The maximum absolute atomic E-state index is 7.01. The Balaban J connectivity index is 0.00000145. The van der Waals surface area contributed by atoms with Crippen molar-refractivity contribution in [2.24, 2.45) is 0 Å². The summed E-state index contributed by atoms with van der Waals surface area (Å²) in [4.78, 5) is 1.15. The van der Waals surface area contributed by atoms with Crippen molar-refractivity contribution in [3.05, 3.63) is 116 Å². The Morgan fingerprint density at radius 1 is 1.06 bits per heavy atom. The predicted molar refractivity (Wildman–Crippen MR) is 164 cm³/mol. The lowest BCUT2D eigenvalue weighted by Gasteiger charge is -2.18. The molecule has 3 rings (SSSR count).